The number of likely N-dealkylation sites (N-methyl/N-ethyl adjacent to an activating group) is 1. The zero-order chi connectivity index (χ0) is 13.6. The Morgan fingerprint density at radius 3 is 2.44 bits per heavy atom. The van der Waals surface area contributed by atoms with Crippen LogP contribution < -0.4 is 4.72 Å². The van der Waals surface area contributed by atoms with Gasteiger partial charge in [0.25, 0.3) is 10.2 Å². The van der Waals surface area contributed by atoms with Crippen LogP contribution in [0.2, 0.25) is 0 Å². The Kier molecular flexibility index (Phi) is 5.71. The number of nitrogens with zero attached hydrogens (tertiary/aromatic N) is 2. The fraction of sp³-hybridized carbons (Fsp3) is 0.583. The highest BCUT2D eigenvalue weighted by atomic mass is 32.2. The first-order chi connectivity index (χ1) is 8.45. The average molecular weight is 271 g/mol. The molecule has 1 aromatic heterocycles. The van der Waals surface area contributed by atoms with Crippen molar-refractivity contribution in [3.8, 4) is 0 Å². The van der Waals surface area contributed by atoms with Crippen molar-refractivity contribution < 1.29 is 8.42 Å². The maximum absolute atomic E-state index is 12.0. The summed E-state index contributed by atoms with van der Waals surface area (Å²) in [5.41, 5.74) is 1.09. The molecular formula is C12H21N3O2S. The van der Waals surface area contributed by atoms with Gasteiger partial charge in [-0.1, -0.05) is 6.92 Å². The average Bonchev–Trinajstić information content (AvgIpc) is 2.29. The van der Waals surface area contributed by atoms with Crippen LogP contribution in [0.15, 0.2) is 24.5 Å². The van der Waals surface area contributed by atoms with Gasteiger partial charge in [-0.2, -0.15) is 17.4 Å². The lowest BCUT2D eigenvalue weighted by Crippen LogP contribution is -2.44. The lowest BCUT2D eigenvalue weighted by Gasteiger charge is -2.22. The van der Waals surface area contributed by atoms with E-state index in [-0.39, 0.29) is 6.04 Å². The molecule has 0 fully saturated rings. The third kappa shape index (κ3) is 4.72. The Bertz CT molecular complexity index is 446. The summed E-state index contributed by atoms with van der Waals surface area (Å²) in [5, 5.41) is 0. The van der Waals surface area contributed by atoms with Crippen LogP contribution in [-0.2, 0) is 16.6 Å². The zero-order valence-electron chi connectivity index (χ0n) is 11.1. The van der Waals surface area contributed by atoms with Gasteiger partial charge in [0.1, 0.15) is 0 Å². The summed E-state index contributed by atoms with van der Waals surface area (Å²) in [6, 6.07) is 3.71. The van der Waals surface area contributed by atoms with Crippen molar-refractivity contribution in [3.05, 3.63) is 30.1 Å². The summed E-state index contributed by atoms with van der Waals surface area (Å²) >= 11 is 0. The molecule has 6 heteroatoms. The zero-order valence-corrected chi connectivity index (χ0v) is 11.9. The van der Waals surface area contributed by atoms with Crippen molar-refractivity contribution in [2.24, 2.45) is 0 Å². The van der Waals surface area contributed by atoms with Gasteiger partial charge in [0.05, 0.1) is 0 Å². The van der Waals surface area contributed by atoms with E-state index in [2.05, 4.69) is 9.71 Å². The van der Waals surface area contributed by atoms with E-state index in [4.69, 9.17) is 0 Å². The predicted molar refractivity (Wildman–Crippen MR) is 72.4 cm³/mol. The normalized spacial score (nSPS) is 12.3. The van der Waals surface area contributed by atoms with E-state index in [1.807, 2.05) is 32.9 Å². The maximum Gasteiger partial charge on any atom is 0.279 e. The number of hydrogen-bond donors (Lipinski definition) is 1. The van der Waals surface area contributed by atoms with E-state index in [1.165, 1.54) is 4.31 Å². The molecule has 0 atom stereocenters. The topological polar surface area (TPSA) is 62.3 Å². The molecule has 0 unspecified atom stereocenters. The molecule has 0 saturated carbocycles. The quantitative estimate of drug-likeness (QED) is 0.810. The first-order valence-corrected chi connectivity index (χ1v) is 7.56. The van der Waals surface area contributed by atoms with Gasteiger partial charge in [-0.3, -0.25) is 4.98 Å². The van der Waals surface area contributed by atoms with Crippen molar-refractivity contribution in [1.82, 2.24) is 14.0 Å². The summed E-state index contributed by atoms with van der Waals surface area (Å²) in [5.74, 6) is 0. The molecule has 0 aromatic carbocycles. The maximum atomic E-state index is 12.0. The van der Waals surface area contributed by atoms with E-state index < -0.39 is 10.2 Å². The van der Waals surface area contributed by atoms with E-state index in [0.29, 0.717) is 19.5 Å². The van der Waals surface area contributed by atoms with Crippen LogP contribution in [0.5, 0.6) is 0 Å². The Labute approximate surface area is 109 Å². The fourth-order valence-corrected chi connectivity index (χ4v) is 3.04. The Morgan fingerprint density at radius 2 is 1.94 bits per heavy atom. The van der Waals surface area contributed by atoms with Gasteiger partial charge in [0.15, 0.2) is 0 Å². The minimum atomic E-state index is -3.37. The minimum absolute atomic E-state index is 0.0926. The summed E-state index contributed by atoms with van der Waals surface area (Å²) in [4.78, 5) is 3.94. The number of nitrogens with one attached hydrogen (secondary N) is 1. The third-order valence-corrected chi connectivity index (χ3v) is 4.37. The van der Waals surface area contributed by atoms with Crippen molar-refractivity contribution in [2.75, 3.05) is 13.1 Å². The van der Waals surface area contributed by atoms with Crippen LogP contribution in [0.25, 0.3) is 0 Å². The van der Waals surface area contributed by atoms with Crippen LogP contribution >= 0.6 is 0 Å². The van der Waals surface area contributed by atoms with E-state index in [1.54, 1.807) is 12.4 Å². The first-order valence-electron chi connectivity index (χ1n) is 6.12. The van der Waals surface area contributed by atoms with E-state index in [0.717, 1.165) is 5.56 Å². The molecule has 1 heterocycles. The molecule has 1 N–H and O–H groups in total. The lowest BCUT2D eigenvalue weighted by atomic mass is 10.2. The van der Waals surface area contributed by atoms with Crippen molar-refractivity contribution in [1.29, 1.82) is 0 Å². The van der Waals surface area contributed by atoms with Gasteiger partial charge in [-0.25, -0.2) is 0 Å². The summed E-state index contributed by atoms with van der Waals surface area (Å²) in [6.07, 6.45) is 4.12. The highest BCUT2D eigenvalue weighted by Crippen LogP contribution is 2.04. The van der Waals surface area contributed by atoms with Gasteiger partial charge in [-0.15, -0.1) is 0 Å². The molecule has 0 radical (unpaired) electrons. The predicted octanol–water partition coefficient (Wildman–Crippen LogP) is 1.19. The second-order valence-corrected chi connectivity index (χ2v) is 6.08. The second kappa shape index (κ2) is 6.82. The molecule has 0 amide bonds. The van der Waals surface area contributed by atoms with Gasteiger partial charge in [-0.05, 0) is 38.0 Å². The number of aromatic nitrogens is 1. The van der Waals surface area contributed by atoms with Gasteiger partial charge in [0, 0.05) is 31.5 Å². The largest absolute Gasteiger partial charge is 0.279 e. The number of rotatable bonds is 7. The second-order valence-electron chi connectivity index (χ2n) is 4.37. The molecule has 18 heavy (non-hydrogen) atoms. The molecular weight excluding hydrogens is 250 g/mol. The number of hydrogen-bond acceptors (Lipinski definition) is 3. The Morgan fingerprint density at radius 1 is 1.33 bits per heavy atom. The molecule has 0 spiro atoms. The molecule has 0 saturated heterocycles. The molecule has 0 aliphatic rings. The Balaban J connectivity index is 2.62. The molecule has 1 rings (SSSR count). The van der Waals surface area contributed by atoms with Gasteiger partial charge in [0.2, 0.25) is 0 Å². The SMILES string of the molecule is CCN(CCc1ccncc1)S(=O)(=O)NC(C)C. The van der Waals surface area contributed by atoms with Crippen molar-refractivity contribution >= 4 is 10.2 Å². The highest BCUT2D eigenvalue weighted by Gasteiger charge is 2.20. The molecule has 0 bridgehead atoms. The smallest absolute Gasteiger partial charge is 0.265 e. The standard InChI is InChI=1S/C12H21N3O2S/c1-4-15(18(16,17)14-11(2)3)10-7-12-5-8-13-9-6-12/h5-6,8-9,11,14H,4,7,10H2,1-3H3. The first kappa shape index (κ1) is 15.1. The molecule has 0 aliphatic carbocycles. The molecule has 1 aromatic rings. The van der Waals surface area contributed by atoms with E-state index in [9.17, 15) is 8.42 Å². The lowest BCUT2D eigenvalue weighted by molar-refractivity contribution is 0.417. The Hall–Kier alpha value is -0.980. The van der Waals surface area contributed by atoms with Crippen LogP contribution in [0, 0.1) is 0 Å². The summed E-state index contributed by atoms with van der Waals surface area (Å²) in [6.45, 7) is 6.41. The van der Waals surface area contributed by atoms with Gasteiger partial charge >= 0.3 is 0 Å². The fourth-order valence-electron chi connectivity index (χ4n) is 1.62. The molecule has 5 nitrogen and oxygen atoms in total. The van der Waals surface area contributed by atoms with Crippen molar-refractivity contribution in [3.63, 3.8) is 0 Å². The van der Waals surface area contributed by atoms with Crippen LogP contribution in [0.4, 0.5) is 0 Å². The summed E-state index contributed by atoms with van der Waals surface area (Å²) in [7, 11) is -3.37. The number of pyridine rings is 1. The van der Waals surface area contributed by atoms with Crippen LogP contribution in [0.1, 0.15) is 26.3 Å². The monoisotopic (exact) mass is 271 g/mol. The molecule has 102 valence electrons. The van der Waals surface area contributed by atoms with Crippen molar-refractivity contribution in [2.45, 2.75) is 33.2 Å². The van der Waals surface area contributed by atoms with Gasteiger partial charge < -0.3 is 0 Å². The molecule has 0 aliphatic heterocycles. The summed E-state index contributed by atoms with van der Waals surface area (Å²) < 4.78 is 28.0. The minimum Gasteiger partial charge on any atom is -0.265 e. The highest BCUT2D eigenvalue weighted by molar-refractivity contribution is 7.87. The third-order valence-electron chi connectivity index (χ3n) is 2.48. The van der Waals surface area contributed by atoms with E-state index >= 15 is 0 Å². The van der Waals surface area contributed by atoms with Crippen LogP contribution in [-0.4, -0.2) is 36.8 Å². The van der Waals surface area contributed by atoms with Crippen LogP contribution in [0.3, 0.4) is 0 Å².